The molecule has 0 saturated heterocycles. The lowest BCUT2D eigenvalue weighted by Crippen LogP contribution is -2.17. The van der Waals surface area contributed by atoms with E-state index >= 15 is 0 Å². The lowest BCUT2D eigenvalue weighted by molar-refractivity contribution is -0.384. The molecule has 0 fully saturated rings. The summed E-state index contributed by atoms with van der Waals surface area (Å²) in [6.45, 7) is 1.94. The number of nitro benzene ring substituents is 1. The third-order valence-corrected chi connectivity index (χ3v) is 5.16. The van der Waals surface area contributed by atoms with E-state index in [1.165, 1.54) is 19.1 Å². The smallest absolute Gasteiger partial charge is 0.271 e. The van der Waals surface area contributed by atoms with Gasteiger partial charge in [-0.05, 0) is 35.9 Å². The van der Waals surface area contributed by atoms with Crippen molar-refractivity contribution in [3.8, 4) is 0 Å². The fourth-order valence-electron chi connectivity index (χ4n) is 3.56. The molecule has 4 rings (SSSR count). The van der Waals surface area contributed by atoms with Crippen LogP contribution in [0.5, 0.6) is 0 Å². The van der Waals surface area contributed by atoms with Gasteiger partial charge in [-0.2, -0.15) is 5.10 Å². The summed E-state index contributed by atoms with van der Waals surface area (Å²) in [4.78, 5) is 34.0. The van der Waals surface area contributed by atoms with Gasteiger partial charge in [-0.3, -0.25) is 19.7 Å². The number of carbonyl (C=O) groups is 2. The Labute approximate surface area is 194 Å². The summed E-state index contributed by atoms with van der Waals surface area (Å²) in [6, 6.07) is 20.7. The number of rotatable bonds is 7. The van der Waals surface area contributed by atoms with Crippen LogP contribution in [0, 0.1) is 10.1 Å². The van der Waals surface area contributed by atoms with Crippen LogP contribution in [0.15, 0.2) is 84.1 Å². The molecular formula is C25H21N5O4. The van der Waals surface area contributed by atoms with Crippen LogP contribution in [0.1, 0.15) is 28.4 Å². The first-order valence-corrected chi connectivity index (χ1v) is 10.4. The van der Waals surface area contributed by atoms with Crippen molar-refractivity contribution in [1.82, 2.24) is 9.99 Å². The molecule has 1 heterocycles. The van der Waals surface area contributed by atoms with Gasteiger partial charge < -0.3 is 9.88 Å². The number of hydrazone groups is 1. The highest BCUT2D eigenvalue weighted by atomic mass is 16.6. The van der Waals surface area contributed by atoms with Crippen molar-refractivity contribution in [2.24, 2.45) is 5.10 Å². The molecule has 0 aliphatic rings. The molecule has 9 heteroatoms. The largest absolute Gasteiger partial charge is 0.342 e. The van der Waals surface area contributed by atoms with Crippen molar-refractivity contribution in [2.45, 2.75) is 13.5 Å². The van der Waals surface area contributed by atoms with Gasteiger partial charge in [-0.15, -0.1) is 0 Å². The first kappa shape index (κ1) is 22.4. The highest BCUT2D eigenvalue weighted by Gasteiger charge is 2.10. The monoisotopic (exact) mass is 455 g/mol. The molecule has 2 amide bonds. The van der Waals surface area contributed by atoms with E-state index in [4.69, 9.17) is 0 Å². The number of anilines is 1. The van der Waals surface area contributed by atoms with Gasteiger partial charge in [-0.1, -0.05) is 30.3 Å². The van der Waals surface area contributed by atoms with E-state index < -0.39 is 4.92 Å². The second-order valence-corrected chi connectivity index (χ2v) is 7.61. The van der Waals surface area contributed by atoms with Crippen LogP contribution in [-0.2, 0) is 11.3 Å². The molecule has 9 nitrogen and oxygen atoms in total. The molecule has 0 saturated carbocycles. The highest BCUT2D eigenvalue weighted by molar-refractivity contribution is 6.00. The number of aromatic nitrogens is 1. The lowest BCUT2D eigenvalue weighted by Gasteiger charge is -2.05. The Balaban J connectivity index is 1.49. The normalized spacial score (nSPS) is 11.0. The second kappa shape index (κ2) is 9.78. The molecule has 0 spiro atoms. The highest BCUT2D eigenvalue weighted by Crippen LogP contribution is 2.22. The van der Waals surface area contributed by atoms with Crippen molar-refractivity contribution in [2.75, 3.05) is 5.32 Å². The lowest BCUT2D eigenvalue weighted by atomic mass is 10.2. The van der Waals surface area contributed by atoms with Crippen LogP contribution in [0.4, 0.5) is 11.4 Å². The maximum absolute atomic E-state index is 12.4. The predicted molar refractivity (Wildman–Crippen MR) is 130 cm³/mol. The maximum Gasteiger partial charge on any atom is 0.271 e. The second-order valence-electron chi connectivity index (χ2n) is 7.61. The fourth-order valence-corrected chi connectivity index (χ4v) is 3.56. The van der Waals surface area contributed by atoms with E-state index in [0.29, 0.717) is 17.8 Å². The third-order valence-electron chi connectivity index (χ3n) is 5.16. The SMILES string of the molecule is CC(=O)Nc1ccc(C(=O)N/N=C\c2cn(Cc3ccc([N+](=O)[O-])cc3)c3ccccc23)cc1. The molecule has 34 heavy (non-hydrogen) atoms. The van der Waals surface area contributed by atoms with Gasteiger partial charge >= 0.3 is 0 Å². The Bertz CT molecular complexity index is 1390. The topological polar surface area (TPSA) is 119 Å². The Morgan fingerprint density at radius 1 is 1.03 bits per heavy atom. The van der Waals surface area contributed by atoms with Gasteiger partial charge in [0.2, 0.25) is 5.91 Å². The average Bonchev–Trinajstić information content (AvgIpc) is 3.17. The van der Waals surface area contributed by atoms with Gasteiger partial charge in [0, 0.05) is 59.5 Å². The van der Waals surface area contributed by atoms with E-state index in [9.17, 15) is 19.7 Å². The number of carbonyl (C=O) groups excluding carboxylic acids is 2. The van der Waals surface area contributed by atoms with E-state index in [1.54, 1.807) is 42.6 Å². The number of hydrogen-bond donors (Lipinski definition) is 2. The van der Waals surface area contributed by atoms with E-state index in [0.717, 1.165) is 22.0 Å². The van der Waals surface area contributed by atoms with Gasteiger partial charge in [0.15, 0.2) is 0 Å². The van der Waals surface area contributed by atoms with Crippen LogP contribution in [0.25, 0.3) is 10.9 Å². The Hall–Kier alpha value is -4.79. The van der Waals surface area contributed by atoms with Gasteiger partial charge in [0.05, 0.1) is 11.1 Å². The number of non-ortho nitro benzene ring substituents is 1. The van der Waals surface area contributed by atoms with Crippen molar-refractivity contribution >= 4 is 40.3 Å². The Kier molecular flexibility index (Phi) is 6.45. The van der Waals surface area contributed by atoms with Gasteiger partial charge in [-0.25, -0.2) is 5.43 Å². The van der Waals surface area contributed by atoms with Crippen molar-refractivity contribution in [1.29, 1.82) is 0 Å². The molecule has 0 atom stereocenters. The molecule has 1 aromatic heterocycles. The maximum atomic E-state index is 12.4. The summed E-state index contributed by atoms with van der Waals surface area (Å²) in [5, 5.41) is 18.6. The summed E-state index contributed by atoms with van der Waals surface area (Å²) in [7, 11) is 0. The zero-order chi connectivity index (χ0) is 24.1. The fraction of sp³-hybridized carbons (Fsp3) is 0.0800. The molecule has 0 radical (unpaired) electrons. The quantitative estimate of drug-likeness (QED) is 0.245. The third kappa shape index (κ3) is 5.16. The molecule has 0 bridgehead atoms. The van der Waals surface area contributed by atoms with E-state index in [2.05, 4.69) is 15.8 Å². The molecule has 0 aliphatic carbocycles. The number of fused-ring (bicyclic) bond motifs is 1. The molecule has 3 aromatic carbocycles. The van der Waals surface area contributed by atoms with E-state index in [1.807, 2.05) is 35.0 Å². The molecule has 0 unspecified atom stereocenters. The van der Waals surface area contributed by atoms with Crippen molar-refractivity contribution < 1.29 is 14.5 Å². The van der Waals surface area contributed by atoms with Crippen LogP contribution in [0.3, 0.4) is 0 Å². The van der Waals surface area contributed by atoms with Crippen molar-refractivity contribution in [3.05, 3.63) is 106 Å². The minimum atomic E-state index is -0.422. The minimum absolute atomic E-state index is 0.0504. The number of amides is 2. The predicted octanol–water partition coefficient (Wildman–Crippen LogP) is 4.32. The molecule has 4 aromatic rings. The summed E-state index contributed by atoms with van der Waals surface area (Å²) < 4.78 is 2.03. The summed E-state index contributed by atoms with van der Waals surface area (Å²) in [5.74, 6) is -0.560. The summed E-state index contributed by atoms with van der Waals surface area (Å²) >= 11 is 0. The van der Waals surface area contributed by atoms with Gasteiger partial charge in [0.25, 0.3) is 11.6 Å². The molecule has 170 valence electrons. The Morgan fingerprint density at radius 2 is 1.74 bits per heavy atom. The zero-order valence-corrected chi connectivity index (χ0v) is 18.3. The summed E-state index contributed by atoms with van der Waals surface area (Å²) in [5.41, 5.74) is 6.30. The molecule has 2 N–H and O–H groups in total. The number of nitrogens with one attached hydrogen (secondary N) is 2. The minimum Gasteiger partial charge on any atom is -0.342 e. The number of para-hydroxylation sites is 1. The number of hydrogen-bond acceptors (Lipinski definition) is 5. The first-order valence-electron chi connectivity index (χ1n) is 10.4. The van der Waals surface area contributed by atoms with E-state index in [-0.39, 0.29) is 17.5 Å². The molecular weight excluding hydrogens is 434 g/mol. The molecule has 0 aliphatic heterocycles. The zero-order valence-electron chi connectivity index (χ0n) is 18.3. The van der Waals surface area contributed by atoms with Crippen LogP contribution >= 0.6 is 0 Å². The first-order chi connectivity index (χ1) is 16.4. The van der Waals surface area contributed by atoms with Crippen LogP contribution in [0.2, 0.25) is 0 Å². The van der Waals surface area contributed by atoms with Gasteiger partial charge in [0.1, 0.15) is 0 Å². The number of benzene rings is 3. The van der Waals surface area contributed by atoms with Crippen molar-refractivity contribution in [3.63, 3.8) is 0 Å². The number of nitrogens with zero attached hydrogens (tertiary/aromatic N) is 3. The standard InChI is InChI=1S/C25H21N5O4/c1-17(31)27-21-10-8-19(9-11-21)25(32)28-26-14-20-16-29(24-5-3-2-4-23(20)24)15-18-6-12-22(13-7-18)30(33)34/h2-14,16H,15H2,1H3,(H,27,31)(H,28,32)/b26-14-. The number of nitro groups is 1. The Morgan fingerprint density at radius 3 is 2.41 bits per heavy atom. The average molecular weight is 455 g/mol. The summed E-state index contributed by atoms with van der Waals surface area (Å²) in [6.07, 6.45) is 3.50. The van der Waals surface area contributed by atoms with Crippen LogP contribution in [-0.4, -0.2) is 27.5 Å². The van der Waals surface area contributed by atoms with Crippen LogP contribution < -0.4 is 10.7 Å².